The minimum Gasteiger partial charge on any atom is -0.361 e. The summed E-state index contributed by atoms with van der Waals surface area (Å²) >= 11 is 0. The van der Waals surface area contributed by atoms with Crippen molar-refractivity contribution in [2.75, 3.05) is 19.6 Å². The van der Waals surface area contributed by atoms with E-state index in [1.165, 1.54) is 6.07 Å². The van der Waals surface area contributed by atoms with E-state index in [1.807, 2.05) is 41.4 Å². The highest BCUT2D eigenvalue weighted by atomic mass is 19.1. The first-order chi connectivity index (χ1) is 17.0. The quantitative estimate of drug-likeness (QED) is 0.602. The molecule has 4 aliphatic rings. The number of aromatic nitrogens is 1. The highest BCUT2D eigenvalue weighted by Crippen LogP contribution is 2.46. The van der Waals surface area contributed by atoms with Gasteiger partial charge in [-0.1, -0.05) is 24.3 Å². The summed E-state index contributed by atoms with van der Waals surface area (Å²) in [6.07, 6.45) is 6.27. The van der Waals surface area contributed by atoms with Crippen molar-refractivity contribution in [3.05, 3.63) is 60.0 Å². The maximum Gasteiger partial charge on any atom is 0.256 e. The molecule has 7 rings (SSSR count). The van der Waals surface area contributed by atoms with E-state index in [4.69, 9.17) is 4.99 Å². The number of aliphatic imine (C=N–C) groups is 1. The lowest BCUT2D eigenvalue weighted by Gasteiger charge is -2.24. The number of nitrogens with zero attached hydrogens (tertiary/aromatic N) is 3. The van der Waals surface area contributed by atoms with Crippen LogP contribution in [-0.2, 0) is 9.59 Å². The Morgan fingerprint density at radius 2 is 1.91 bits per heavy atom. The number of benzene rings is 2. The number of halogens is 1. The molecule has 2 saturated carbocycles. The van der Waals surface area contributed by atoms with Crippen molar-refractivity contribution >= 4 is 28.6 Å². The SMILES string of the molecule is O=C(C1CC1)N1CC[C@@H](CN2C(=O)C3(CC3)N=C2c2ccc(-c3ccc4cc[nH]c4c3)c(F)c2)C1. The van der Waals surface area contributed by atoms with Crippen LogP contribution in [0.2, 0.25) is 0 Å². The molecule has 6 nitrogen and oxygen atoms in total. The zero-order valence-electron chi connectivity index (χ0n) is 19.5. The minimum atomic E-state index is -0.648. The van der Waals surface area contributed by atoms with E-state index in [2.05, 4.69) is 4.98 Å². The van der Waals surface area contributed by atoms with Gasteiger partial charge in [-0.2, -0.15) is 0 Å². The van der Waals surface area contributed by atoms with Gasteiger partial charge in [0.25, 0.3) is 5.91 Å². The van der Waals surface area contributed by atoms with Crippen LogP contribution in [-0.4, -0.2) is 57.6 Å². The van der Waals surface area contributed by atoms with Gasteiger partial charge in [0.1, 0.15) is 17.2 Å². The molecule has 35 heavy (non-hydrogen) atoms. The van der Waals surface area contributed by atoms with E-state index in [1.54, 1.807) is 11.0 Å². The molecule has 1 atom stereocenters. The monoisotopic (exact) mass is 470 g/mol. The standard InChI is InChI=1S/C28H27FN4O2/c29-23-13-21(5-6-22(23)20-4-1-18-7-11-30-24(18)14-20)25-31-28(9-10-28)27(35)33(25)16-17-8-12-32(15-17)26(34)19-2-3-19/h1,4-7,11,13-14,17,19,30H,2-3,8-10,12,15-16H2/t17-/m1/s1. The molecule has 1 aromatic heterocycles. The molecule has 0 unspecified atom stereocenters. The van der Waals surface area contributed by atoms with E-state index >= 15 is 4.39 Å². The maximum atomic E-state index is 15.4. The van der Waals surface area contributed by atoms with Gasteiger partial charge < -0.3 is 9.88 Å². The molecule has 1 spiro atoms. The molecule has 2 aliphatic heterocycles. The van der Waals surface area contributed by atoms with E-state index in [0.717, 1.165) is 55.1 Å². The Hall–Kier alpha value is -3.48. The van der Waals surface area contributed by atoms with Crippen LogP contribution in [0.5, 0.6) is 0 Å². The summed E-state index contributed by atoms with van der Waals surface area (Å²) in [5, 5.41) is 1.08. The van der Waals surface area contributed by atoms with E-state index < -0.39 is 5.54 Å². The van der Waals surface area contributed by atoms with Crippen molar-refractivity contribution in [2.45, 2.75) is 37.6 Å². The summed E-state index contributed by atoms with van der Waals surface area (Å²) in [6, 6.07) is 13.0. The Labute approximate surface area is 202 Å². The van der Waals surface area contributed by atoms with Gasteiger partial charge in [-0.15, -0.1) is 0 Å². The van der Waals surface area contributed by atoms with Gasteiger partial charge >= 0.3 is 0 Å². The van der Waals surface area contributed by atoms with Crippen LogP contribution in [0, 0.1) is 17.7 Å². The molecule has 2 aliphatic carbocycles. The summed E-state index contributed by atoms with van der Waals surface area (Å²) < 4.78 is 15.4. The van der Waals surface area contributed by atoms with E-state index in [-0.39, 0.29) is 29.5 Å². The summed E-state index contributed by atoms with van der Waals surface area (Å²) in [6.45, 7) is 1.97. The van der Waals surface area contributed by atoms with Crippen LogP contribution >= 0.6 is 0 Å². The van der Waals surface area contributed by atoms with Gasteiger partial charge in [0.05, 0.1) is 0 Å². The molecule has 1 N–H and O–H groups in total. The van der Waals surface area contributed by atoms with Gasteiger partial charge in [0, 0.05) is 48.4 Å². The molecule has 2 amide bonds. The van der Waals surface area contributed by atoms with Gasteiger partial charge in [-0.25, -0.2) is 4.39 Å². The second kappa shape index (κ2) is 7.51. The summed E-state index contributed by atoms with van der Waals surface area (Å²) in [4.78, 5) is 37.5. The number of hydrogen-bond donors (Lipinski definition) is 1. The smallest absolute Gasteiger partial charge is 0.256 e. The van der Waals surface area contributed by atoms with Crippen molar-refractivity contribution in [3.63, 3.8) is 0 Å². The van der Waals surface area contributed by atoms with E-state index in [9.17, 15) is 9.59 Å². The Morgan fingerprint density at radius 1 is 1.09 bits per heavy atom. The number of amidine groups is 1. The topological polar surface area (TPSA) is 68.8 Å². The first kappa shape index (κ1) is 20.9. The molecule has 3 fully saturated rings. The second-order valence-electron chi connectivity index (χ2n) is 10.6. The fourth-order valence-electron chi connectivity index (χ4n) is 5.62. The highest BCUT2D eigenvalue weighted by molar-refractivity contribution is 6.16. The van der Waals surface area contributed by atoms with Crippen LogP contribution in [0.1, 0.15) is 37.7 Å². The summed E-state index contributed by atoms with van der Waals surface area (Å²) in [5.74, 6) is 0.974. The average molecular weight is 471 g/mol. The first-order valence-corrected chi connectivity index (χ1v) is 12.6. The normalized spacial score (nSPS) is 22.9. The Morgan fingerprint density at radius 3 is 2.69 bits per heavy atom. The number of fused-ring (bicyclic) bond motifs is 1. The number of hydrogen-bond acceptors (Lipinski definition) is 3. The predicted octanol–water partition coefficient (Wildman–Crippen LogP) is 4.35. The van der Waals surface area contributed by atoms with Crippen molar-refractivity contribution in [1.82, 2.24) is 14.8 Å². The lowest BCUT2D eigenvalue weighted by Crippen LogP contribution is -2.41. The lowest BCUT2D eigenvalue weighted by molar-refractivity contribution is -0.131. The van der Waals surface area contributed by atoms with Gasteiger partial charge in [-0.3, -0.25) is 19.5 Å². The van der Waals surface area contributed by atoms with Crippen LogP contribution in [0.4, 0.5) is 4.39 Å². The molecule has 1 saturated heterocycles. The molecule has 0 radical (unpaired) electrons. The van der Waals surface area contributed by atoms with Gasteiger partial charge in [0.2, 0.25) is 5.91 Å². The number of carbonyl (C=O) groups excluding carboxylic acids is 2. The maximum absolute atomic E-state index is 15.4. The number of likely N-dealkylation sites (tertiary alicyclic amines) is 1. The fourth-order valence-corrected chi connectivity index (χ4v) is 5.62. The predicted molar refractivity (Wildman–Crippen MR) is 131 cm³/mol. The van der Waals surface area contributed by atoms with Crippen LogP contribution in [0.25, 0.3) is 22.0 Å². The van der Waals surface area contributed by atoms with Gasteiger partial charge in [0.15, 0.2) is 0 Å². The highest BCUT2D eigenvalue weighted by Gasteiger charge is 2.57. The van der Waals surface area contributed by atoms with Crippen molar-refractivity contribution in [1.29, 1.82) is 0 Å². The molecular formula is C28H27FN4O2. The molecule has 0 bridgehead atoms. The largest absolute Gasteiger partial charge is 0.361 e. The number of carbonyl (C=O) groups is 2. The lowest BCUT2D eigenvalue weighted by atomic mass is 10.0. The van der Waals surface area contributed by atoms with Crippen molar-refractivity contribution in [3.8, 4) is 11.1 Å². The number of aromatic amines is 1. The van der Waals surface area contributed by atoms with Crippen molar-refractivity contribution < 1.29 is 14.0 Å². The Kier molecular flexibility index (Phi) is 4.47. The summed E-state index contributed by atoms with van der Waals surface area (Å²) in [7, 11) is 0. The number of nitrogens with one attached hydrogen (secondary N) is 1. The Bertz CT molecular complexity index is 1400. The molecule has 7 heteroatoms. The van der Waals surface area contributed by atoms with Crippen LogP contribution in [0.3, 0.4) is 0 Å². The molecule has 3 heterocycles. The Balaban J connectivity index is 1.15. The zero-order valence-corrected chi connectivity index (χ0v) is 19.5. The zero-order chi connectivity index (χ0) is 23.7. The number of H-pyrrole nitrogens is 1. The third-order valence-corrected chi connectivity index (χ3v) is 8.00. The van der Waals surface area contributed by atoms with Crippen LogP contribution in [0.15, 0.2) is 53.7 Å². The number of amides is 2. The third kappa shape index (κ3) is 3.48. The average Bonchev–Trinajstić information content (AvgIpc) is 3.74. The summed E-state index contributed by atoms with van der Waals surface area (Å²) in [5.41, 5.74) is 2.27. The second-order valence-corrected chi connectivity index (χ2v) is 10.6. The molecule has 178 valence electrons. The molecule has 3 aromatic rings. The number of rotatable bonds is 5. The third-order valence-electron chi connectivity index (χ3n) is 8.00. The molecule has 2 aromatic carbocycles. The van der Waals surface area contributed by atoms with Crippen LogP contribution < -0.4 is 0 Å². The van der Waals surface area contributed by atoms with Gasteiger partial charge in [-0.05, 0) is 67.2 Å². The first-order valence-electron chi connectivity index (χ1n) is 12.6. The minimum absolute atomic E-state index is 0.0288. The fraction of sp³-hybridized carbons (Fsp3) is 0.393. The van der Waals surface area contributed by atoms with E-state index in [0.29, 0.717) is 30.1 Å². The molecular weight excluding hydrogens is 443 g/mol. The van der Waals surface area contributed by atoms with Crippen molar-refractivity contribution in [2.24, 2.45) is 16.8 Å².